The van der Waals surface area contributed by atoms with Crippen LogP contribution in [0.5, 0.6) is 11.5 Å². The van der Waals surface area contributed by atoms with E-state index in [1.165, 1.54) is 29.4 Å². The first-order valence-electron chi connectivity index (χ1n) is 7.00. The molecular formula is C16H17ClN2O4S. The fourth-order valence-electron chi connectivity index (χ4n) is 2.02. The number of ether oxygens (including phenoxy) is 2. The lowest BCUT2D eigenvalue weighted by molar-refractivity contribution is -0.132. The number of para-hydroxylation sites is 1. The number of primary amides is 1. The first-order chi connectivity index (χ1) is 11.4. The van der Waals surface area contributed by atoms with Crippen molar-refractivity contribution in [3.05, 3.63) is 45.1 Å². The van der Waals surface area contributed by atoms with Gasteiger partial charge in [-0.05, 0) is 24.3 Å². The Bertz CT molecular complexity index is 747. The van der Waals surface area contributed by atoms with Crippen LogP contribution >= 0.6 is 22.9 Å². The average molecular weight is 369 g/mol. The standard InChI is InChI=1S/C16H17ClN2O4S/c1-19(8-10-6-7-13(17)24-10)14(20)9-23-15-11(16(18)21)4-3-5-12(15)22-2/h3-7H,8-9H2,1-2H3,(H2,18,21). The van der Waals surface area contributed by atoms with Crippen molar-refractivity contribution in [1.82, 2.24) is 4.90 Å². The highest BCUT2D eigenvalue weighted by Gasteiger charge is 2.18. The minimum absolute atomic E-state index is 0.161. The molecule has 0 spiro atoms. The molecule has 0 saturated heterocycles. The number of thiophene rings is 1. The first kappa shape index (κ1) is 18.1. The molecule has 2 N–H and O–H groups in total. The lowest BCUT2D eigenvalue weighted by Crippen LogP contribution is -2.31. The summed E-state index contributed by atoms with van der Waals surface area (Å²) in [5.41, 5.74) is 5.49. The zero-order valence-corrected chi connectivity index (χ0v) is 14.8. The van der Waals surface area contributed by atoms with E-state index in [1.807, 2.05) is 6.07 Å². The molecule has 24 heavy (non-hydrogen) atoms. The minimum atomic E-state index is -0.655. The molecule has 1 heterocycles. The van der Waals surface area contributed by atoms with E-state index in [2.05, 4.69) is 0 Å². The molecule has 1 aromatic heterocycles. The van der Waals surface area contributed by atoms with E-state index in [4.69, 9.17) is 26.8 Å². The third-order valence-corrected chi connectivity index (χ3v) is 4.47. The predicted molar refractivity (Wildman–Crippen MR) is 92.8 cm³/mol. The topological polar surface area (TPSA) is 81.9 Å². The van der Waals surface area contributed by atoms with Gasteiger partial charge in [0, 0.05) is 11.9 Å². The summed E-state index contributed by atoms with van der Waals surface area (Å²) in [7, 11) is 3.11. The molecule has 0 aliphatic carbocycles. The molecule has 8 heteroatoms. The van der Waals surface area contributed by atoms with Gasteiger partial charge >= 0.3 is 0 Å². The molecule has 2 amide bonds. The molecule has 6 nitrogen and oxygen atoms in total. The summed E-state index contributed by atoms with van der Waals surface area (Å²) in [6.07, 6.45) is 0. The third-order valence-electron chi connectivity index (χ3n) is 3.25. The van der Waals surface area contributed by atoms with Crippen LogP contribution in [0.3, 0.4) is 0 Å². The minimum Gasteiger partial charge on any atom is -0.493 e. The van der Waals surface area contributed by atoms with E-state index in [1.54, 1.807) is 25.2 Å². The van der Waals surface area contributed by atoms with Crippen LogP contribution in [0.4, 0.5) is 0 Å². The number of likely N-dealkylation sites (N-methyl/N-ethyl adjacent to an activating group) is 1. The second-order valence-corrected chi connectivity index (χ2v) is 6.75. The van der Waals surface area contributed by atoms with Gasteiger partial charge in [0.15, 0.2) is 18.1 Å². The van der Waals surface area contributed by atoms with Crippen molar-refractivity contribution in [2.45, 2.75) is 6.54 Å². The summed E-state index contributed by atoms with van der Waals surface area (Å²) in [6.45, 7) is 0.185. The van der Waals surface area contributed by atoms with E-state index in [0.29, 0.717) is 16.6 Å². The zero-order chi connectivity index (χ0) is 17.7. The molecule has 0 aliphatic rings. The molecule has 2 aromatic rings. The lowest BCUT2D eigenvalue weighted by atomic mass is 10.2. The summed E-state index contributed by atoms with van der Waals surface area (Å²) < 4.78 is 11.3. The first-order valence-corrected chi connectivity index (χ1v) is 8.19. The number of nitrogens with zero attached hydrogens (tertiary/aromatic N) is 1. The summed E-state index contributed by atoms with van der Waals surface area (Å²) in [6, 6.07) is 8.42. The quantitative estimate of drug-likeness (QED) is 0.814. The van der Waals surface area contributed by atoms with Crippen molar-refractivity contribution < 1.29 is 19.1 Å². The van der Waals surface area contributed by atoms with Crippen LogP contribution in [0.1, 0.15) is 15.2 Å². The number of nitrogens with two attached hydrogens (primary N) is 1. The summed E-state index contributed by atoms with van der Waals surface area (Å²) in [5.74, 6) is -0.404. The van der Waals surface area contributed by atoms with Gasteiger partial charge in [-0.25, -0.2) is 0 Å². The molecule has 128 valence electrons. The monoisotopic (exact) mass is 368 g/mol. The summed E-state index contributed by atoms with van der Waals surface area (Å²) >= 11 is 7.29. The molecule has 0 atom stereocenters. The van der Waals surface area contributed by atoms with Crippen LogP contribution in [0, 0.1) is 0 Å². The molecule has 0 fully saturated rings. The van der Waals surface area contributed by atoms with Crippen molar-refractivity contribution in [1.29, 1.82) is 0 Å². The Morgan fingerprint density at radius 3 is 2.62 bits per heavy atom. The van der Waals surface area contributed by atoms with E-state index < -0.39 is 5.91 Å². The molecule has 0 bridgehead atoms. The molecular weight excluding hydrogens is 352 g/mol. The maximum absolute atomic E-state index is 12.2. The maximum atomic E-state index is 12.2. The van der Waals surface area contributed by atoms with Gasteiger partial charge in [-0.3, -0.25) is 9.59 Å². The largest absolute Gasteiger partial charge is 0.493 e. The number of carbonyl (C=O) groups excluding carboxylic acids is 2. The fourth-order valence-corrected chi connectivity index (χ4v) is 3.16. The highest BCUT2D eigenvalue weighted by atomic mass is 35.5. The van der Waals surface area contributed by atoms with Crippen molar-refractivity contribution in [2.75, 3.05) is 20.8 Å². The lowest BCUT2D eigenvalue weighted by Gasteiger charge is -2.18. The van der Waals surface area contributed by atoms with Gasteiger partial charge in [-0.1, -0.05) is 17.7 Å². The van der Waals surface area contributed by atoms with E-state index in [0.717, 1.165) is 4.88 Å². The molecule has 0 unspecified atom stereocenters. The summed E-state index contributed by atoms with van der Waals surface area (Å²) in [5, 5.41) is 0. The Balaban J connectivity index is 2.04. The van der Waals surface area contributed by atoms with E-state index in [9.17, 15) is 9.59 Å². The number of carbonyl (C=O) groups is 2. The Labute approximate surface area is 148 Å². The SMILES string of the molecule is COc1cccc(C(N)=O)c1OCC(=O)N(C)Cc1ccc(Cl)s1. The molecule has 0 aliphatic heterocycles. The second-order valence-electron chi connectivity index (χ2n) is 4.95. The van der Waals surface area contributed by atoms with Crippen molar-refractivity contribution in [2.24, 2.45) is 5.73 Å². The zero-order valence-electron chi connectivity index (χ0n) is 13.2. The van der Waals surface area contributed by atoms with Gasteiger partial charge in [-0.15, -0.1) is 11.3 Å². The van der Waals surface area contributed by atoms with Gasteiger partial charge in [0.05, 0.1) is 23.6 Å². The van der Waals surface area contributed by atoms with Crippen LogP contribution in [0.2, 0.25) is 4.34 Å². The van der Waals surface area contributed by atoms with Crippen molar-refractivity contribution >= 4 is 34.8 Å². The highest BCUT2D eigenvalue weighted by Crippen LogP contribution is 2.31. The maximum Gasteiger partial charge on any atom is 0.260 e. The van der Waals surface area contributed by atoms with E-state index >= 15 is 0 Å². The van der Waals surface area contributed by atoms with Gasteiger partial charge < -0.3 is 20.1 Å². The van der Waals surface area contributed by atoms with Gasteiger partial charge in [0.1, 0.15) is 0 Å². The van der Waals surface area contributed by atoms with Crippen LogP contribution in [-0.4, -0.2) is 37.5 Å². The van der Waals surface area contributed by atoms with Gasteiger partial charge in [0.2, 0.25) is 0 Å². The second kappa shape index (κ2) is 8.03. The fraction of sp³-hybridized carbons (Fsp3) is 0.250. The van der Waals surface area contributed by atoms with Crippen LogP contribution in [-0.2, 0) is 11.3 Å². The normalized spacial score (nSPS) is 10.3. The Hall–Kier alpha value is -2.25. The average Bonchev–Trinajstić information content (AvgIpc) is 2.96. The van der Waals surface area contributed by atoms with Gasteiger partial charge in [0.25, 0.3) is 11.8 Å². The van der Waals surface area contributed by atoms with Crippen LogP contribution < -0.4 is 15.2 Å². The molecule has 1 aromatic carbocycles. The highest BCUT2D eigenvalue weighted by molar-refractivity contribution is 7.16. The Kier molecular flexibility index (Phi) is 6.05. The molecule has 0 saturated carbocycles. The molecule has 0 radical (unpaired) electrons. The number of methoxy groups -OCH3 is 1. The Morgan fingerprint density at radius 2 is 2.04 bits per heavy atom. The molecule has 2 rings (SSSR count). The number of hydrogen-bond acceptors (Lipinski definition) is 5. The van der Waals surface area contributed by atoms with Crippen molar-refractivity contribution in [3.8, 4) is 11.5 Å². The van der Waals surface area contributed by atoms with E-state index in [-0.39, 0.29) is 23.8 Å². The third kappa shape index (κ3) is 4.39. The van der Waals surface area contributed by atoms with Crippen LogP contribution in [0.25, 0.3) is 0 Å². The smallest absolute Gasteiger partial charge is 0.260 e. The number of hydrogen-bond donors (Lipinski definition) is 1. The van der Waals surface area contributed by atoms with Gasteiger partial charge in [-0.2, -0.15) is 0 Å². The van der Waals surface area contributed by atoms with Crippen LogP contribution in [0.15, 0.2) is 30.3 Å². The predicted octanol–water partition coefficient (Wildman–Crippen LogP) is 2.55. The summed E-state index contributed by atoms with van der Waals surface area (Å²) in [4.78, 5) is 26.2. The number of amides is 2. The number of halogens is 1. The Morgan fingerprint density at radius 1 is 1.29 bits per heavy atom. The number of benzene rings is 1. The number of rotatable bonds is 7. The van der Waals surface area contributed by atoms with Crippen molar-refractivity contribution in [3.63, 3.8) is 0 Å².